The van der Waals surface area contributed by atoms with Gasteiger partial charge in [-0.1, -0.05) is 6.92 Å². The minimum atomic E-state index is -2.92. The summed E-state index contributed by atoms with van der Waals surface area (Å²) in [6.07, 6.45) is 2.27. The molecule has 1 aliphatic rings. The van der Waals surface area contributed by atoms with Crippen LogP contribution in [-0.2, 0) is 14.6 Å². The van der Waals surface area contributed by atoms with Crippen LogP contribution in [0, 0.1) is 5.41 Å². The third-order valence-electron chi connectivity index (χ3n) is 3.61. The van der Waals surface area contributed by atoms with Crippen molar-refractivity contribution in [3.8, 4) is 0 Å². The smallest absolute Gasteiger partial charge is 0.152 e. The number of ether oxygens (including phenoxy) is 1. The van der Waals surface area contributed by atoms with E-state index in [0.717, 1.165) is 12.8 Å². The van der Waals surface area contributed by atoms with E-state index in [1.54, 1.807) is 6.92 Å². The van der Waals surface area contributed by atoms with Gasteiger partial charge in [0.1, 0.15) is 0 Å². The molecule has 0 spiro atoms. The number of rotatable bonds is 6. The summed E-state index contributed by atoms with van der Waals surface area (Å²) in [7, 11) is -2.92. The fraction of sp³-hybridized carbons (Fsp3) is 1.00. The van der Waals surface area contributed by atoms with E-state index < -0.39 is 9.84 Å². The van der Waals surface area contributed by atoms with Gasteiger partial charge in [-0.3, -0.25) is 0 Å². The van der Waals surface area contributed by atoms with E-state index in [1.807, 2.05) is 6.92 Å². The molecule has 1 fully saturated rings. The van der Waals surface area contributed by atoms with Crippen LogP contribution in [0.4, 0.5) is 0 Å². The summed E-state index contributed by atoms with van der Waals surface area (Å²) in [5, 5.41) is -0.207. The Labute approximate surface area is 98.5 Å². The number of hydrogen-bond donors (Lipinski definition) is 1. The molecule has 0 aromatic heterocycles. The van der Waals surface area contributed by atoms with Crippen LogP contribution in [0.3, 0.4) is 0 Å². The summed E-state index contributed by atoms with van der Waals surface area (Å²) >= 11 is 0. The maximum Gasteiger partial charge on any atom is 0.152 e. The van der Waals surface area contributed by atoms with Crippen molar-refractivity contribution in [1.29, 1.82) is 0 Å². The van der Waals surface area contributed by atoms with Crippen LogP contribution in [0.5, 0.6) is 0 Å². The van der Waals surface area contributed by atoms with E-state index in [-0.39, 0.29) is 16.4 Å². The molecule has 1 aliphatic carbocycles. The highest BCUT2D eigenvalue weighted by atomic mass is 32.2. The van der Waals surface area contributed by atoms with Gasteiger partial charge < -0.3 is 10.5 Å². The molecule has 0 aromatic carbocycles. The van der Waals surface area contributed by atoms with E-state index in [1.165, 1.54) is 0 Å². The van der Waals surface area contributed by atoms with Crippen molar-refractivity contribution >= 4 is 9.84 Å². The van der Waals surface area contributed by atoms with Crippen molar-refractivity contribution in [2.24, 2.45) is 11.1 Å². The number of hydrogen-bond acceptors (Lipinski definition) is 4. The minimum absolute atomic E-state index is 0.108. The molecule has 0 saturated heterocycles. The highest BCUT2D eigenvalue weighted by Crippen LogP contribution is 2.40. The predicted molar refractivity (Wildman–Crippen MR) is 65.1 cm³/mol. The van der Waals surface area contributed by atoms with Crippen LogP contribution < -0.4 is 5.73 Å². The zero-order chi connectivity index (χ0) is 12.2. The van der Waals surface area contributed by atoms with Crippen molar-refractivity contribution in [2.45, 2.75) is 38.4 Å². The lowest BCUT2D eigenvalue weighted by molar-refractivity contribution is 0.0589. The average molecular weight is 249 g/mol. The summed E-state index contributed by atoms with van der Waals surface area (Å²) in [5.74, 6) is 0.229. The molecule has 2 atom stereocenters. The van der Waals surface area contributed by atoms with Crippen molar-refractivity contribution in [3.63, 3.8) is 0 Å². The zero-order valence-electron chi connectivity index (χ0n) is 10.2. The van der Waals surface area contributed by atoms with Gasteiger partial charge in [0.15, 0.2) is 9.84 Å². The molecule has 0 aromatic rings. The van der Waals surface area contributed by atoms with Crippen molar-refractivity contribution in [3.05, 3.63) is 0 Å². The second-order valence-corrected chi connectivity index (χ2v) is 7.23. The van der Waals surface area contributed by atoms with Gasteiger partial charge in [-0.15, -0.1) is 0 Å². The maximum absolute atomic E-state index is 11.8. The second kappa shape index (κ2) is 5.47. The van der Waals surface area contributed by atoms with E-state index >= 15 is 0 Å². The first-order valence-electron chi connectivity index (χ1n) is 5.99. The molecule has 0 bridgehead atoms. The van der Waals surface area contributed by atoms with Crippen molar-refractivity contribution < 1.29 is 13.2 Å². The number of nitrogens with two attached hydrogens (primary N) is 1. The van der Waals surface area contributed by atoms with Crippen LogP contribution in [0.2, 0.25) is 0 Å². The van der Waals surface area contributed by atoms with Gasteiger partial charge >= 0.3 is 0 Å². The molecule has 0 aliphatic heterocycles. The Morgan fingerprint density at radius 2 is 2.12 bits per heavy atom. The molecule has 5 heteroatoms. The summed E-state index contributed by atoms with van der Waals surface area (Å²) in [5.41, 5.74) is 5.67. The molecule has 96 valence electrons. The predicted octanol–water partition coefficient (Wildman–Crippen LogP) is 0.955. The second-order valence-electron chi connectivity index (χ2n) is 4.66. The van der Waals surface area contributed by atoms with Crippen LogP contribution >= 0.6 is 0 Å². The Bertz CT molecular complexity index is 315. The average Bonchev–Trinajstić information content (AvgIpc) is 2.72. The molecule has 1 rings (SSSR count). The van der Waals surface area contributed by atoms with Gasteiger partial charge in [0, 0.05) is 24.3 Å². The summed E-state index contributed by atoms with van der Waals surface area (Å²) < 4.78 is 29.0. The van der Waals surface area contributed by atoms with E-state index in [2.05, 4.69) is 0 Å². The monoisotopic (exact) mass is 249 g/mol. The Hall–Kier alpha value is -0.130. The molecule has 0 heterocycles. The Morgan fingerprint density at radius 1 is 1.44 bits per heavy atom. The maximum atomic E-state index is 11.8. The standard InChI is InChI=1S/C11H23NO3S/c1-3-15-9-11(8-12)6-5-10(7-11)16(13,14)4-2/h10H,3-9,12H2,1-2H3/t10-,11-/m0/s1. The molecule has 0 unspecified atom stereocenters. The van der Waals surface area contributed by atoms with Crippen LogP contribution in [0.15, 0.2) is 0 Å². The normalized spacial score (nSPS) is 30.8. The fourth-order valence-electron chi connectivity index (χ4n) is 2.39. The molecule has 4 nitrogen and oxygen atoms in total. The number of sulfone groups is 1. The SMILES string of the molecule is CCOC[C@@]1(CN)CC[C@H](S(=O)(=O)CC)C1. The topological polar surface area (TPSA) is 69.4 Å². The van der Waals surface area contributed by atoms with E-state index in [0.29, 0.717) is 26.2 Å². The minimum Gasteiger partial charge on any atom is -0.381 e. The van der Waals surface area contributed by atoms with Crippen LogP contribution in [-0.4, -0.2) is 39.2 Å². The van der Waals surface area contributed by atoms with Gasteiger partial charge in [0.05, 0.1) is 11.9 Å². The molecule has 16 heavy (non-hydrogen) atoms. The third-order valence-corrected chi connectivity index (χ3v) is 5.84. The van der Waals surface area contributed by atoms with E-state index in [4.69, 9.17) is 10.5 Å². The Balaban J connectivity index is 2.67. The summed E-state index contributed by atoms with van der Waals surface area (Å²) in [6.45, 7) is 5.42. The molecule has 0 radical (unpaired) electrons. The first-order valence-corrected chi connectivity index (χ1v) is 7.70. The van der Waals surface area contributed by atoms with Crippen LogP contribution in [0.1, 0.15) is 33.1 Å². The van der Waals surface area contributed by atoms with Gasteiger partial charge in [-0.05, 0) is 26.2 Å². The first kappa shape index (κ1) is 13.9. The molecular weight excluding hydrogens is 226 g/mol. The Kier molecular flexibility index (Phi) is 4.76. The first-order chi connectivity index (χ1) is 7.49. The molecule has 2 N–H and O–H groups in total. The quantitative estimate of drug-likeness (QED) is 0.761. The lowest BCUT2D eigenvalue weighted by Gasteiger charge is -2.27. The third kappa shape index (κ3) is 2.96. The van der Waals surface area contributed by atoms with Gasteiger partial charge in [0.2, 0.25) is 0 Å². The molecular formula is C11H23NO3S. The summed E-state index contributed by atoms with van der Waals surface area (Å²) in [6, 6.07) is 0. The lowest BCUT2D eigenvalue weighted by atomic mass is 9.87. The zero-order valence-corrected chi connectivity index (χ0v) is 11.1. The highest BCUT2D eigenvalue weighted by molar-refractivity contribution is 7.92. The fourth-order valence-corrected chi connectivity index (χ4v) is 3.95. The molecule has 1 saturated carbocycles. The Morgan fingerprint density at radius 3 is 2.62 bits per heavy atom. The van der Waals surface area contributed by atoms with Crippen molar-refractivity contribution in [2.75, 3.05) is 25.5 Å². The van der Waals surface area contributed by atoms with Gasteiger partial charge in [0.25, 0.3) is 0 Å². The largest absolute Gasteiger partial charge is 0.381 e. The lowest BCUT2D eigenvalue weighted by Crippen LogP contribution is -2.34. The molecule has 0 amide bonds. The van der Waals surface area contributed by atoms with E-state index in [9.17, 15) is 8.42 Å². The van der Waals surface area contributed by atoms with Crippen molar-refractivity contribution in [1.82, 2.24) is 0 Å². The highest BCUT2D eigenvalue weighted by Gasteiger charge is 2.42. The van der Waals surface area contributed by atoms with Gasteiger partial charge in [-0.2, -0.15) is 0 Å². The summed E-state index contributed by atoms with van der Waals surface area (Å²) in [4.78, 5) is 0. The van der Waals surface area contributed by atoms with Gasteiger partial charge in [-0.25, -0.2) is 8.42 Å². The van der Waals surface area contributed by atoms with Crippen LogP contribution in [0.25, 0.3) is 0 Å².